The van der Waals surface area contributed by atoms with Gasteiger partial charge in [-0.3, -0.25) is 0 Å². The van der Waals surface area contributed by atoms with Gasteiger partial charge in [0.15, 0.2) is 23.3 Å². The molecule has 0 radical (unpaired) electrons. The van der Waals surface area contributed by atoms with Crippen molar-refractivity contribution in [1.82, 2.24) is 29.5 Å². The van der Waals surface area contributed by atoms with Crippen molar-refractivity contribution < 1.29 is 0 Å². The number of hydrogen-bond donors (Lipinski definition) is 0. The van der Waals surface area contributed by atoms with E-state index in [2.05, 4.69) is 126 Å². The number of hydrogen-bond acceptors (Lipinski definition) is 6. The quantitative estimate of drug-likeness (QED) is 0.170. The van der Waals surface area contributed by atoms with Crippen LogP contribution in [0.1, 0.15) is 0 Å². The van der Waals surface area contributed by atoms with Gasteiger partial charge < -0.3 is 4.57 Å². The lowest BCUT2D eigenvalue weighted by molar-refractivity contribution is 1.07. The standard InChI is InChI=1S/C49H30N6S/c1-4-14-32(15-5-1)46-52-47(33-16-6-2-7-17-33)54-48(53-46)34-26-24-31(25-27-34)43-45-44(38-21-11-13-23-42(38)56-45)51-49(50-43)35-28-29-41-39(30-35)37-20-10-12-22-40(37)55(41)36-18-8-3-9-19-36/h1-30H. The molecule has 0 saturated carbocycles. The normalized spacial score (nSPS) is 11.6. The van der Waals surface area contributed by atoms with Gasteiger partial charge >= 0.3 is 0 Å². The summed E-state index contributed by atoms with van der Waals surface area (Å²) >= 11 is 1.73. The Morgan fingerprint density at radius 1 is 0.357 bits per heavy atom. The first-order chi connectivity index (χ1) is 27.7. The van der Waals surface area contributed by atoms with Crippen LogP contribution in [0.25, 0.3) is 105 Å². The average Bonchev–Trinajstić information content (AvgIpc) is 3.82. The van der Waals surface area contributed by atoms with Crippen LogP contribution in [0.2, 0.25) is 0 Å². The maximum absolute atomic E-state index is 5.35. The van der Waals surface area contributed by atoms with E-state index in [1.807, 2.05) is 60.7 Å². The fourth-order valence-corrected chi connectivity index (χ4v) is 8.75. The van der Waals surface area contributed by atoms with Crippen molar-refractivity contribution in [3.05, 3.63) is 182 Å². The summed E-state index contributed by atoms with van der Waals surface area (Å²) in [4.78, 5) is 25.4. The van der Waals surface area contributed by atoms with Crippen molar-refractivity contribution in [2.24, 2.45) is 0 Å². The van der Waals surface area contributed by atoms with Crippen LogP contribution in [0.5, 0.6) is 0 Å². The molecule has 0 atom stereocenters. The van der Waals surface area contributed by atoms with Crippen LogP contribution < -0.4 is 0 Å². The molecule has 262 valence electrons. The van der Waals surface area contributed by atoms with Gasteiger partial charge in [0.2, 0.25) is 0 Å². The topological polar surface area (TPSA) is 69.4 Å². The van der Waals surface area contributed by atoms with Crippen LogP contribution in [0.3, 0.4) is 0 Å². The average molecular weight is 735 g/mol. The zero-order valence-corrected chi connectivity index (χ0v) is 30.7. The summed E-state index contributed by atoms with van der Waals surface area (Å²) in [6.07, 6.45) is 0. The third-order valence-corrected chi connectivity index (χ3v) is 11.4. The maximum atomic E-state index is 5.35. The van der Waals surface area contributed by atoms with Gasteiger partial charge in [-0.15, -0.1) is 11.3 Å². The lowest BCUT2D eigenvalue weighted by atomic mass is 10.1. The summed E-state index contributed by atoms with van der Waals surface area (Å²) in [5.74, 6) is 2.57. The molecule has 0 amide bonds. The van der Waals surface area contributed by atoms with Gasteiger partial charge in [0.05, 0.1) is 26.9 Å². The van der Waals surface area contributed by atoms with E-state index in [0.717, 1.165) is 71.2 Å². The van der Waals surface area contributed by atoms with E-state index in [1.54, 1.807) is 11.3 Å². The second-order valence-corrected chi connectivity index (χ2v) is 14.8. The first-order valence-corrected chi connectivity index (χ1v) is 19.3. The Morgan fingerprint density at radius 3 is 1.54 bits per heavy atom. The molecular weight excluding hydrogens is 705 g/mol. The largest absolute Gasteiger partial charge is 0.309 e. The van der Waals surface area contributed by atoms with E-state index in [0.29, 0.717) is 23.3 Å². The summed E-state index contributed by atoms with van der Waals surface area (Å²) < 4.78 is 4.57. The van der Waals surface area contributed by atoms with Gasteiger partial charge in [-0.1, -0.05) is 140 Å². The monoisotopic (exact) mass is 734 g/mol. The molecular formula is C49H30N6S. The van der Waals surface area contributed by atoms with E-state index in [9.17, 15) is 0 Å². The van der Waals surface area contributed by atoms with Crippen LogP contribution in [0, 0.1) is 0 Å². The van der Waals surface area contributed by atoms with Crippen molar-refractivity contribution in [2.45, 2.75) is 0 Å². The van der Waals surface area contributed by atoms with Gasteiger partial charge in [0, 0.05) is 54.4 Å². The van der Waals surface area contributed by atoms with E-state index >= 15 is 0 Å². The molecule has 11 rings (SSSR count). The molecule has 0 spiro atoms. The van der Waals surface area contributed by atoms with Crippen molar-refractivity contribution in [3.63, 3.8) is 0 Å². The maximum Gasteiger partial charge on any atom is 0.164 e. The van der Waals surface area contributed by atoms with Crippen molar-refractivity contribution in [2.75, 3.05) is 0 Å². The minimum absolute atomic E-state index is 0.614. The Morgan fingerprint density at radius 2 is 0.857 bits per heavy atom. The Labute approximate surface area is 326 Å². The molecule has 7 aromatic carbocycles. The van der Waals surface area contributed by atoms with Crippen molar-refractivity contribution in [1.29, 1.82) is 0 Å². The SMILES string of the molecule is c1ccc(-c2nc(-c3ccccc3)nc(-c3ccc(-c4nc(-c5ccc6c(c5)c5ccccc5n6-c5ccccc5)nc5c4sc4ccccc45)cc3)n2)cc1. The third-order valence-electron chi connectivity index (χ3n) is 10.3. The van der Waals surface area contributed by atoms with Crippen molar-refractivity contribution in [3.8, 4) is 62.5 Å². The van der Waals surface area contributed by atoms with Gasteiger partial charge in [-0.05, 0) is 42.5 Å². The Balaban J connectivity index is 1.06. The minimum atomic E-state index is 0.614. The van der Waals surface area contributed by atoms with Crippen LogP contribution >= 0.6 is 11.3 Å². The molecule has 0 N–H and O–H groups in total. The molecule has 6 nitrogen and oxygen atoms in total. The Kier molecular flexibility index (Phi) is 7.57. The third kappa shape index (κ3) is 5.44. The van der Waals surface area contributed by atoms with Gasteiger partial charge in [-0.25, -0.2) is 24.9 Å². The zero-order chi connectivity index (χ0) is 37.0. The highest BCUT2D eigenvalue weighted by Gasteiger charge is 2.19. The summed E-state index contributed by atoms with van der Waals surface area (Å²) in [7, 11) is 0. The second kappa shape index (κ2) is 13.2. The Hall–Kier alpha value is -7.35. The lowest BCUT2D eigenvalue weighted by Crippen LogP contribution is -2.00. The smallest absolute Gasteiger partial charge is 0.164 e. The molecule has 0 aliphatic carbocycles. The highest BCUT2D eigenvalue weighted by Crippen LogP contribution is 2.41. The molecule has 4 heterocycles. The number of fused-ring (bicyclic) bond motifs is 6. The first-order valence-electron chi connectivity index (χ1n) is 18.5. The van der Waals surface area contributed by atoms with Gasteiger partial charge in [0.1, 0.15) is 0 Å². The van der Waals surface area contributed by atoms with E-state index in [1.165, 1.54) is 10.1 Å². The molecule has 11 aromatic rings. The highest BCUT2D eigenvalue weighted by atomic mass is 32.1. The van der Waals surface area contributed by atoms with E-state index < -0.39 is 0 Å². The van der Waals surface area contributed by atoms with E-state index in [4.69, 9.17) is 24.9 Å². The van der Waals surface area contributed by atoms with Gasteiger partial charge in [-0.2, -0.15) is 0 Å². The predicted molar refractivity (Wildman–Crippen MR) is 230 cm³/mol. The summed E-state index contributed by atoms with van der Waals surface area (Å²) in [5.41, 5.74) is 10.0. The minimum Gasteiger partial charge on any atom is -0.309 e. The highest BCUT2D eigenvalue weighted by molar-refractivity contribution is 7.26. The molecule has 0 saturated heterocycles. The molecule has 56 heavy (non-hydrogen) atoms. The predicted octanol–water partition coefficient (Wildman–Crippen LogP) is 12.5. The Bertz CT molecular complexity index is 3170. The summed E-state index contributed by atoms with van der Waals surface area (Å²) in [6.45, 7) is 0. The number of para-hydroxylation sites is 2. The molecule has 0 bridgehead atoms. The van der Waals surface area contributed by atoms with Crippen molar-refractivity contribution >= 4 is 53.4 Å². The molecule has 0 aliphatic rings. The number of aromatic nitrogens is 6. The fourth-order valence-electron chi connectivity index (χ4n) is 7.60. The van der Waals surface area contributed by atoms with Crippen LogP contribution in [-0.4, -0.2) is 29.5 Å². The molecule has 0 unspecified atom stereocenters. The number of rotatable bonds is 6. The van der Waals surface area contributed by atoms with Crippen LogP contribution in [0.15, 0.2) is 182 Å². The summed E-state index contributed by atoms with van der Waals surface area (Å²) in [6, 6.07) is 62.7. The summed E-state index contributed by atoms with van der Waals surface area (Å²) in [5, 5.41) is 3.48. The first kappa shape index (κ1) is 32.1. The van der Waals surface area contributed by atoms with Crippen LogP contribution in [-0.2, 0) is 0 Å². The number of benzene rings is 7. The molecule has 0 fully saturated rings. The molecule has 4 aromatic heterocycles. The number of nitrogens with zero attached hydrogens (tertiary/aromatic N) is 6. The lowest BCUT2D eigenvalue weighted by Gasteiger charge is -2.10. The number of thiophene rings is 1. The second-order valence-electron chi connectivity index (χ2n) is 13.7. The van der Waals surface area contributed by atoms with Crippen LogP contribution in [0.4, 0.5) is 0 Å². The molecule has 0 aliphatic heterocycles. The zero-order valence-electron chi connectivity index (χ0n) is 29.9. The molecule has 7 heteroatoms. The van der Waals surface area contributed by atoms with E-state index in [-0.39, 0.29) is 0 Å². The fraction of sp³-hybridized carbons (Fsp3) is 0. The van der Waals surface area contributed by atoms with Gasteiger partial charge in [0.25, 0.3) is 0 Å².